The van der Waals surface area contributed by atoms with Gasteiger partial charge in [-0.2, -0.15) is 0 Å². The summed E-state index contributed by atoms with van der Waals surface area (Å²) in [6, 6.07) is 0.717. The number of hydrogen-bond donors (Lipinski definition) is 1. The quantitative estimate of drug-likeness (QED) is 0.672. The second kappa shape index (κ2) is 4.23. The molecule has 0 aromatic carbocycles. The highest BCUT2D eigenvalue weighted by molar-refractivity contribution is 14.1. The predicted octanol–water partition coefficient (Wildman–Crippen LogP) is 2.22. The third-order valence-corrected chi connectivity index (χ3v) is 2.36. The molecule has 0 bridgehead atoms. The van der Waals surface area contributed by atoms with E-state index in [1.54, 1.807) is 22.6 Å². The largest absolute Gasteiger partial charge is 0.326 e. The molecule has 1 heterocycles. The van der Waals surface area contributed by atoms with Crippen LogP contribution < -0.4 is 5.73 Å². The van der Waals surface area contributed by atoms with E-state index in [0.29, 0.717) is 0 Å². The van der Waals surface area contributed by atoms with Crippen LogP contribution >= 0.6 is 22.6 Å². The highest BCUT2D eigenvalue weighted by atomic mass is 127. The maximum atomic E-state index is 13.0. The molecule has 0 saturated carbocycles. The number of nitrogens with zero attached hydrogens (tertiary/aromatic N) is 1. The van der Waals surface area contributed by atoms with Gasteiger partial charge in [0.1, 0.15) is 15.2 Å². The molecule has 13 heavy (non-hydrogen) atoms. The number of halogens is 4. The molecule has 1 aromatic rings. The van der Waals surface area contributed by atoms with Crippen LogP contribution in [0.15, 0.2) is 6.07 Å². The van der Waals surface area contributed by atoms with Gasteiger partial charge >= 0.3 is 0 Å². The number of hydrogen-bond acceptors (Lipinski definition) is 2. The first kappa shape index (κ1) is 10.7. The van der Waals surface area contributed by atoms with Crippen LogP contribution in [0.3, 0.4) is 0 Å². The Balaban J connectivity index is 3.20. The predicted molar refractivity (Wildman–Crippen MR) is 49.8 cm³/mol. The summed E-state index contributed by atoms with van der Waals surface area (Å²) < 4.78 is 37.4. The number of rotatable bonds is 2. The Morgan fingerprint density at radius 2 is 2.15 bits per heavy atom. The molecule has 1 aromatic heterocycles. The first-order chi connectivity index (χ1) is 6.06. The van der Waals surface area contributed by atoms with Gasteiger partial charge in [0.25, 0.3) is 6.43 Å². The van der Waals surface area contributed by atoms with Gasteiger partial charge in [0.05, 0.1) is 0 Å². The van der Waals surface area contributed by atoms with Crippen molar-refractivity contribution in [3.8, 4) is 0 Å². The zero-order valence-electron chi connectivity index (χ0n) is 6.40. The molecule has 1 rings (SSSR count). The van der Waals surface area contributed by atoms with Crippen LogP contribution in [-0.4, -0.2) is 4.98 Å². The van der Waals surface area contributed by atoms with E-state index in [1.165, 1.54) is 0 Å². The van der Waals surface area contributed by atoms with E-state index in [4.69, 9.17) is 5.73 Å². The molecule has 0 fully saturated rings. The second-order valence-electron chi connectivity index (χ2n) is 2.30. The number of aromatic nitrogens is 1. The maximum Gasteiger partial charge on any atom is 0.280 e. The third kappa shape index (κ3) is 2.31. The molecule has 0 unspecified atom stereocenters. The van der Waals surface area contributed by atoms with E-state index in [2.05, 4.69) is 4.98 Å². The Labute approximate surface area is 86.5 Å². The standard InChI is InChI=1S/C7H6F3IN2/c8-4-1-5(6(9)10)13-7(11)3(4)2-12/h1,6H,2,12H2. The van der Waals surface area contributed by atoms with E-state index in [-0.39, 0.29) is 15.8 Å². The zero-order valence-corrected chi connectivity index (χ0v) is 8.56. The molecule has 0 aliphatic rings. The van der Waals surface area contributed by atoms with Crippen molar-refractivity contribution in [3.63, 3.8) is 0 Å². The molecule has 0 aliphatic carbocycles. The Bertz CT molecular complexity index is 294. The minimum atomic E-state index is -2.75. The maximum absolute atomic E-state index is 13.0. The average Bonchev–Trinajstić information content (AvgIpc) is 2.03. The molecule has 0 amide bonds. The van der Waals surface area contributed by atoms with Crippen molar-refractivity contribution in [2.24, 2.45) is 5.73 Å². The lowest BCUT2D eigenvalue weighted by atomic mass is 10.2. The minimum Gasteiger partial charge on any atom is -0.326 e. The van der Waals surface area contributed by atoms with Crippen molar-refractivity contribution in [1.82, 2.24) is 4.98 Å². The van der Waals surface area contributed by atoms with Gasteiger partial charge in [0.15, 0.2) is 0 Å². The molecule has 0 atom stereocenters. The van der Waals surface area contributed by atoms with E-state index in [1.807, 2.05) is 0 Å². The highest BCUT2D eigenvalue weighted by Gasteiger charge is 2.15. The minimum absolute atomic E-state index is 0.0410. The van der Waals surface area contributed by atoms with E-state index in [0.717, 1.165) is 6.07 Å². The first-order valence-electron chi connectivity index (χ1n) is 3.39. The molecule has 2 N–H and O–H groups in total. The lowest BCUT2D eigenvalue weighted by Gasteiger charge is -2.05. The Morgan fingerprint density at radius 3 is 2.54 bits per heavy atom. The molecule has 0 spiro atoms. The fourth-order valence-corrected chi connectivity index (χ4v) is 1.58. The number of alkyl halides is 2. The van der Waals surface area contributed by atoms with Gasteiger partial charge in [0.2, 0.25) is 0 Å². The van der Waals surface area contributed by atoms with Crippen molar-refractivity contribution in [1.29, 1.82) is 0 Å². The number of pyridine rings is 1. The number of nitrogens with two attached hydrogens (primary N) is 1. The fraction of sp³-hybridized carbons (Fsp3) is 0.286. The Kier molecular flexibility index (Phi) is 3.48. The zero-order chi connectivity index (χ0) is 10.0. The Morgan fingerprint density at radius 1 is 1.54 bits per heavy atom. The molecular formula is C7H6F3IN2. The Hall–Kier alpha value is -0.370. The summed E-state index contributed by atoms with van der Waals surface area (Å²) in [5.41, 5.74) is 4.82. The molecule has 0 radical (unpaired) electrons. The second-order valence-corrected chi connectivity index (χ2v) is 3.32. The van der Waals surface area contributed by atoms with Crippen molar-refractivity contribution in [3.05, 3.63) is 26.8 Å². The summed E-state index contributed by atoms with van der Waals surface area (Å²) in [6.07, 6.45) is -2.75. The van der Waals surface area contributed by atoms with Crippen molar-refractivity contribution >= 4 is 22.6 Å². The summed E-state index contributed by atoms with van der Waals surface area (Å²) in [4.78, 5) is 3.52. The third-order valence-electron chi connectivity index (χ3n) is 1.47. The van der Waals surface area contributed by atoms with Gasteiger partial charge in [-0.05, 0) is 22.6 Å². The molecule has 0 saturated heterocycles. The van der Waals surface area contributed by atoms with Crippen molar-refractivity contribution in [2.45, 2.75) is 13.0 Å². The smallest absolute Gasteiger partial charge is 0.280 e. The van der Waals surface area contributed by atoms with Crippen LogP contribution in [0.2, 0.25) is 0 Å². The summed E-state index contributed by atoms with van der Waals surface area (Å²) in [5.74, 6) is -0.725. The van der Waals surface area contributed by atoms with Crippen LogP contribution in [0.25, 0.3) is 0 Å². The van der Waals surface area contributed by atoms with Crippen LogP contribution in [0.5, 0.6) is 0 Å². The van der Waals surface area contributed by atoms with Crippen LogP contribution in [0, 0.1) is 9.52 Å². The van der Waals surface area contributed by atoms with Crippen LogP contribution in [-0.2, 0) is 6.54 Å². The van der Waals surface area contributed by atoms with Gasteiger partial charge in [0, 0.05) is 18.2 Å². The molecule has 2 nitrogen and oxygen atoms in total. The van der Waals surface area contributed by atoms with E-state index in [9.17, 15) is 13.2 Å². The normalized spacial score (nSPS) is 10.9. The van der Waals surface area contributed by atoms with Crippen LogP contribution in [0.4, 0.5) is 13.2 Å². The lowest BCUT2D eigenvalue weighted by Crippen LogP contribution is -2.06. The molecule has 0 aliphatic heterocycles. The van der Waals surface area contributed by atoms with Gasteiger partial charge in [-0.1, -0.05) is 0 Å². The van der Waals surface area contributed by atoms with E-state index >= 15 is 0 Å². The van der Waals surface area contributed by atoms with Gasteiger partial charge in [-0.25, -0.2) is 18.2 Å². The van der Waals surface area contributed by atoms with Crippen molar-refractivity contribution < 1.29 is 13.2 Å². The highest BCUT2D eigenvalue weighted by Crippen LogP contribution is 2.21. The summed E-state index contributed by atoms with van der Waals surface area (Å²) >= 11 is 1.68. The van der Waals surface area contributed by atoms with Gasteiger partial charge < -0.3 is 5.73 Å². The molecular weight excluding hydrogens is 296 g/mol. The van der Waals surface area contributed by atoms with Gasteiger partial charge in [-0.3, -0.25) is 0 Å². The van der Waals surface area contributed by atoms with E-state index < -0.39 is 17.9 Å². The lowest BCUT2D eigenvalue weighted by molar-refractivity contribution is 0.145. The average molecular weight is 302 g/mol. The topological polar surface area (TPSA) is 38.9 Å². The first-order valence-corrected chi connectivity index (χ1v) is 4.47. The summed E-state index contributed by atoms with van der Waals surface area (Å²) in [7, 11) is 0. The summed E-state index contributed by atoms with van der Waals surface area (Å²) in [6.45, 7) is -0.0410. The van der Waals surface area contributed by atoms with Crippen LogP contribution in [0.1, 0.15) is 17.7 Å². The summed E-state index contributed by atoms with van der Waals surface area (Å²) in [5, 5.41) is 0. The molecule has 6 heteroatoms. The van der Waals surface area contributed by atoms with Crippen molar-refractivity contribution in [2.75, 3.05) is 0 Å². The fourth-order valence-electron chi connectivity index (χ4n) is 0.822. The van der Waals surface area contributed by atoms with Gasteiger partial charge in [-0.15, -0.1) is 0 Å². The monoisotopic (exact) mass is 302 g/mol. The SMILES string of the molecule is NCc1c(F)cc(C(F)F)nc1I. The molecule has 72 valence electrons.